The molecule has 0 spiro atoms. The summed E-state index contributed by atoms with van der Waals surface area (Å²) in [7, 11) is 0. The number of hydrogen-bond donors (Lipinski definition) is 3. The number of nitrogens with zero attached hydrogens (tertiary/aromatic N) is 1. The third-order valence-corrected chi connectivity index (χ3v) is 2.51. The highest BCUT2D eigenvalue weighted by Gasteiger charge is 2.03. The van der Waals surface area contributed by atoms with Crippen LogP contribution in [0.3, 0.4) is 0 Å². The average Bonchev–Trinajstić information content (AvgIpc) is 2.29. The Kier molecular flexibility index (Phi) is 5.00. The number of nitrogens with one attached hydrogen (secondary N) is 1. The quantitative estimate of drug-likeness (QED) is 0.325. The second-order valence-corrected chi connectivity index (χ2v) is 4.28. The zero-order valence-corrected chi connectivity index (χ0v) is 10.5. The zero-order valence-electron chi connectivity index (χ0n) is 9.70. The molecule has 0 aromatic heterocycles. The van der Waals surface area contributed by atoms with Gasteiger partial charge in [0.1, 0.15) is 0 Å². The summed E-state index contributed by atoms with van der Waals surface area (Å²) in [6.45, 7) is 6.85. The minimum absolute atomic E-state index is 0.113. The topological polar surface area (TPSA) is 70.6 Å². The lowest BCUT2D eigenvalue weighted by Crippen LogP contribution is -2.17. The van der Waals surface area contributed by atoms with E-state index < -0.39 is 0 Å². The number of rotatable bonds is 5. The van der Waals surface area contributed by atoms with Crippen molar-refractivity contribution in [1.82, 2.24) is 5.32 Å². The molecule has 0 saturated carbocycles. The molecule has 5 heteroatoms. The number of amidine groups is 1. The monoisotopic (exact) mass is 253 g/mol. The Hall–Kier alpha value is -1.52. The Morgan fingerprint density at radius 2 is 2.29 bits per heavy atom. The van der Waals surface area contributed by atoms with Crippen molar-refractivity contribution in [2.24, 2.45) is 10.9 Å². The van der Waals surface area contributed by atoms with Gasteiger partial charge in [0.25, 0.3) is 0 Å². The van der Waals surface area contributed by atoms with Gasteiger partial charge in [-0.1, -0.05) is 35.5 Å². The molecule has 0 bridgehead atoms. The fourth-order valence-corrected chi connectivity index (χ4v) is 1.54. The van der Waals surface area contributed by atoms with Crippen LogP contribution in [0.4, 0.5) is 0 Å². The Morgan fingerprint density at radius 3 is 2.82 bits per heavy atom. The molecular formula is C12H16ClN3O. The molecule has 0 fully saturated rings. The van der Waals surface area contributed by atoms with E-state index in [9.17, 15) is 0 Å². The van der Waals surface area contributed by atoms with Crippen molar-refractivity contribution in [2.45, 2.75) is 13.5 Å². The molecule has 0 saturated heterocycles. The Bertz CT molecular complexity index is 443. The standard InChI is InChI=1S/C12H16ClN3O/c1-8-5-10(12(14)16-17)3-4-11(8)7-15-6-9(2)13/h3-5,15,17H,2,6-7H2,1H3,(H2,14,16). The first-order valence-electron chi connectivity index (χ1n) is 5.16. The lowest BCUT2D eigenvalue weighted by molar-refractivity contribution is 0.318. The van der Waals surface area contributed by atoms with Crippen molar-refractivity contribution in [3.05, 3.63) is 46.5 Å². The maximum absolute atomic E-state index is 8.58. The highest BCUT2D eigenvalue weighted by molar-refractivity contribution is 6.29. The van der Waals surface area contributed by atoms with Crippen molar-refractivity contribution >= 4 is 17.4 Å². The minimum Gasteiger partial charge on any atom is -0.409 e. The molecule has 0 aliphatic carbocycles. The molecule has 0 heterocycles. The van der Waals surface area contributed by atoms with E-state index in [1.807, 2.05) is 25.1 Å². The van der Waals surface area contributed by atoms with E-state index in [1.54, 1.807) is 0 Å². The van der Waals surface area contributed by atoms with Crippen LogP contribution in [0.2, 0.25) is 0 Å². The molecule has 4 nitrogen and oxygen atoms in total. The molecule has 1 aromatic rings. The van der Waals surface area contributed by atoms with Crippen LogP contribution in [-0.4, -0.2) is 17.6 Å². The summed E-state index contributed by atoms with van der Waals surface area (Å²) in [5.74, 6) is 0.113. The smallest absolute Gasteiger partial charge is 0.170 e. The molecule has 0 aliphatic heterocycles. The Labute approximate surface area is 106 Å². The highest BCUT2D eigenvalue weighted by atomic mass is 35.5. The largest absolute Gasteiger partial charge is 0.409 e. The highest BCUT2D eigenvalue weighted by Crippen LogP contribution is 2.11. The van der Waals surface area contributed by atoms with Gasteiger partial charge in [-0.15, -0.1) is 0 Å². The van der Waals surface area contributed by atoms with Gasteiger partial charge in [0, 0.05) is 23.7 Å². The Balaban J connectivity index is 2.73. The van der Waals surface area contributed by atoms with Crippen LogP contribution in [0, 0.1) is 6.92 Å². The van der Waals surface area contributed by atoms with Crippen molar-refractivity contribution in [1.29, 1.82) is 0 Å². The second kappa shape index (κ2) is 6.27. The first kappa shape index (κ1) is 13.5. The molecule has 17 heavy (non-hydrogen) atoms. The maximum Gasteiger partial charge on any atom is 0.170 e. The average molecular weight is 254 g/mol. The lowest BCUT2D eigenvalue weighted by atomic mass is 10.0. The van der Waals surface area contributed by atoms with Gasteiger partial charge in [-0.2, -0.15) is 0 Å². The summed E-state index contributed by atoms with van der Waals surface area (Å²) < 4.78 is 0. The van der Waals surface area contributed by atoms with Crippen molar-refractivity contribution in [3.63, 3.8) is 0 Å². The number of aryl methyl sites for hydroxylation is 1. The third kappa shape index (κ3) is 4.09. The van der Waals surface area contributed by atoms with Crippen LogP contribution < -0.4 is 11.1 Å². The summed E-state index contributed by atoms with van der Waals surface area (Å²) >= 11 is 5.65. The number of benzene rings is 1. The summed E-state index contributed by atoms with van der Waals surface area (Å²) in [5.41, 5.74) is 8.42. The van der Waals surface area contributed by atoms with Gasteiger partial charge in [0.2, 0.25) is 0 Å². The molecule has 1 rings (SSSR count). The molecule has 0 unspecified atom stereocenters. The number of hydrogen-bond acceptors (Lipinski definition) is 3. The van der Waals surface area contributed by atoms with E-state index in [0.717, 1.165) is 11.1 Å². The van der Waals surface area contributed by atoms with E-state index in [-0.39, 0.29) is 5.84 Å². The van der Waals surface area contributed by atoms with Crippen LogP contribution in [0.25, 0.3) is 0 Å². The number of oxime groups is 1. The fourth-order valence-electron chi connectivity index (χ4n) is 1.44. The van der Waals surface area contributed by atoms with Gasteiger partial charge in [-0.25, -0.2) is 0 Å². The summed E-state index contributed by atoms with van der Waals surface area (Å²) in [4.78, 5) is 0. The molecule has 1 aromatic carbocycles. The van der Waals surface area contributed by atoms with Gasteiger partial charge in [0.15, 0.2) is 5.84 Å². The summed E-state index contributed by atoms with van der Waals surface area (Å²) in [5, 5.41) is 15.3. The summed E-state index contributed by atoms with van der Waals surface area (Å²) in [6, 6.07) is 5.63. The van der Waals surface area contributed by atoms with E-state index in [1.165, 1.54) is 0 Å². The molecule has 4 N–H and O–H groups in total. The van der Waals surface area contributed by atoms with E-state index in [0.29, 0.717) is 23.7 Å². The molecule has 0 amide bonds. The first-order valence-corrected chi connectivity index (χ1v) is 5.54. The van der Waals surface area contributed by atoms with Crippen molar-refractivity contribution in [2.75, 3.05) is 6.54 Å². The predicted molar refractivity (Wildman–Crippen MR) is 70.4 cm³/mol. The Morgan fingerprint density at radius 1 is 1.59 bits per heavy atom. The molecule has 0 atom stereocenters. The zero-order chi connectivity index (χ0) is 12.8. The van der Waals surface area contributed by atoms with Gasteiger partial charge in [-0.3, -0.25) is 0 Å². The molecule has 0 aliphatic rings. The fraction of sp³-hybridized carbons (Fsp3) is 0.250. The van der Waals surface area contributed by atoms with Gasteiger partial charge in [-0.05, 0) is 24.1 Å². The normalized spacial score (nSPS) is 11.5. The van der Waals surface area contributed by atoms with Crippen LogP contribution in [0.5, 0.6) is 0 Å². The van der Waals surface area contributed by atoms with Gasteiger partial charge < -0.3 is 16.3 Å². The molecular weight excluding hydrogens is 238 g/mol. The van der Waals surface area contributed by atoms with Gasteiger partial charge >= 0.3 is 0 Å². The number of nitrogens with two attached hydrogens (primary N) is 1. The summed E-state index contributed by atoms with van der Waals surface area (Å²) in [6.07, 6.45) is 0. The van der Waals surface area contributed by atoms with Crippen molar-refractivity contribution < 1.29 is 5.21 Å². The first-order chi connectivity index (χ1) is 8.04. The van der Waals surface area contributed by atoms with Crippen LogP contribution in [-0.2, 0) is 6.54 Å². The third-order valence-electron chi connectivity index (χ3n) is 2.38. The molecule has 92 valence electrons. The van der Waals surface area contributed by atoms with Crippen LogP contribution in [0.1, 0.15) is 16.7 Å². The van der Waals surface area contributed by atoms with E-state index in [2.05, 4.69) is 17.1 Å². The number of halogens is 1. The predicted octanol–water partition coefficient (Wildman–Crippen LogP) is 1.93. The van der Waals surface area contributed by atoms with Crippen molar-refractivity contribution in [3.8, 4) is 0 Å². The van der Waals surface area contributed by atoms with Gasteiger partial charge in [0.05, 0.1) is 0 Å². The van der Waals surface area contributed by atoms with Crippen LogP contribution >= 0.6 is 11.6 Å². The van der Waals surface area contributed by atoms with Crippen LogP contribution in [0.15, 0.2) is 35.0 Å². The SMILES string of the molecule is C=C(Cl)CNCc1ccc(/C(N)=N/O)cc1C. The lowest BCUT2D eigenvalue weighted by Gasteiger charge is -2.09. The van der Waals surface area contributed by atoms with E-state index >= 15 is 0 Å². The minimum atomic E-state index is 0.113. The molecule has 0 radical (unpaired) electrons. The second-order valence-electron chi connectivity index (χ2n) is 3.75. The maximum atomic E-state index is 8.58. The van der Waals surface area contributed by atoms with E-state index in [4.69, 9.17) is 22.5 Å².